The number of amides is 1. The zero-order valence-electron chi connectivity index (χ0n) is 11.0. The summed E-state index contributed by atoms with van der Waals surface area (Å²) in [4.78, 5) is 12.1. The number of nitrogens with zero attached hydrogens (tertiary/aromatic N) is 2. The van der Waals surface area contributed by atoms with Gasteiger partial charge in [-0.3, -0.25) is 9.48 Å². The van der Waals surface area contributed by atoms with Crippen LogP contribution in [0.25, 0.3) is 0 Å². The van der Waals surface area contributed by atoms with Gasteiger partial charge >= 0.3 is 0 Å². The maximum Gasteiger partial charge on any atom is 0.226 e. The molecule has 100 valence electrons. The molecular weight excluding hydrogens is 228 g/mol. The summed E-state index contributed by atoms with van der Waals surface area (Å²) in [5.74, 6) is 0.199. The number of aryl methyl sites for hydroxylation is 1. The fourth-order valence-electron chi connectivity index (χ4n) is 2.29. The second-order valence-electron chi connectivity index (χ2n) is 5.19. The first-order valence-electron chi connectivity index (χ1n) is 6.67. The van der Waals surface area contributed by atoms with Gasteiger partial charge in [0.05, 0.1) is 0 Å². The maximum absolute atomic E-state index is 12.1. The number of carbonyl (C=O) groups excluding carboxylic acids is 1. The summed E-state index contributed by atoms with van der Waals surface area (Å²) in [6.45, 7) is 5.53. The Labute approximate surface area is 108 Å². The lowest BCUT2D eigenvalue weighted by Gasteiger charge is -2.32. The van der Waals surface area contributed by atoms with Gasteiger partial charge in [-0.1, -0.05) is 6.92 Å². The molecule has 5 heteroatoms. The van der Waals surface area contributed by atoms with Crippen LogP contribution < -0.4 is 10.6 Å². The number of piperidine rings is 1. The molecule has 18 heavy (non-hydrogen) atoms. The quantitative estimate of drug-likeness (QED) is 0.759. The number of carbonyl (C=O) groups is 1. The van der Waals surface area contributed by atoms with E-state index >= 15 is 0 Å². The molecule has 1 aromatic heterocycles. The van der Waals surface area contributed by atoms with E-state index in [1.165, 1.54) is 0 Å². The summed E-state index contributed by atoms with van der Waals surface area (Å²) >= 11 is 0. The van der Waals surface area contributed by atoms with Crippen LogP contribution in [0.4, 0.5) is 0 Å². The molecule has 0 aliphatic carbocycles. The van der Waals surface area contributed by atoms with Crippen molar-refractivity contribution in [2.24, 2.45) is 5.41 Å². The molecule has 1 aromatic rings. The average Bonchev–Trinajstić information content (AvgIpc) is 2.88. The van der Waals surface area contributed by atoms with Gasteiger partial charge in [-0.2, -0.15) is 5.10 Å². The van der Waals surface area contributed by atoms with Crippen LogP contribution in [0.15, 0.2) is 18.5 Å². The largest absolute Gasteiger partial charge is 0.356 e. The summed E-state index contributed by atoms with van der Waals surface area (Å²) in [7, 11) is 0. The van der Waals surface area contributed by atoms with Crippen molar-refractivity contribution in [3.63, 3.8) is 0 Å². The molecule has 2 heterocycles. The second kappa shape index (κ2) is 6.00. The molecule has 1 fully saturated rings. The van der Waals surface area contributed by atoms with Crippen molar-refractivity contribution in [1.29, 1.82) is 0 Å². The molecule has 1 saturated heterocycles. The van der Waals surface area contributed by atoms with E-state index in [9.17, 15) is 4.79 Å². The zero-order chi connectivity index (χ0) is 12.8. The molecule has 5 nitrogen and oxygen atoms in total. The van der Waals surface area contributed by atoms with Gasteiger partial charge in [0.25, 0.3) is 0 Å². The molecule has 0 bridgehead atoms. The van der Waals surface area contributed by atoms with Crippen LogP contribution in [0, 0.1) is 5.41 Å². The van der Waals surface area contributed by atoms with Crippen molar-refractivity contribution in [3.8, 4) is 0 Å². The van der Waals surface area contributed by atoms with Gasteiger partial charge < -0.3 is 10.6 Å². The molecular formula is C13H22N4O. The molecule has 0 saturated carbocycles. The Morgan fingerprint density at radius 1 is 1.50 bits per heavy atom. The molecule has 0 unspecified atom stereocenters. The average molecular weight is 250 g/mol. The molecule has 1 amide bonds. The van der Waals surface area contributed by atoms with Gasteiger partial charge in [-0.15, -0.1) is 0 Å². The highest BCUT2D eigenvalue weighted by molar-refractivity contribution is 5.82. The molecule has 0 aromatic carbocycles. The summed E-state index contributed by atoms with van der Waals surface area (Å²) < 4.78 is 1.89. The molecule has 1 aliphatic heterocycles. The predicted molar refractivity (Wildman–Crippen MR) is 70.1 cm³/mol. The lowest BCUT2D eigenvalue weighted by molar-refractivity contribution is -0.131. The molecule has 2 N–H and O–H groups in total. The van der Waals surface area contributed by atoms with E-state index in [2.05, 4.69) is 22.7 Å². The van der Waals surface area contributed by atoms with E-state index in [4.69, 9.17) is 0 Å². The smallest absolute Gasteiger partial charge is 0.226 e. The number of aromatic nitrogens is 2. The maximum atomic E-state index is 12.1. The van der Waals surface area contributed by atoms with Crippen LogP contribution in [-0.4, -0.2) is 35.3 Å². The third-order valence-corrected chi connectivity index (χ3v) is 3.66. The Bertz CT molecular complexity index is 368. The van der Waals surface area contributed by atoms with Gasteiger partial charge in [0.2, 0.25) is 5.91 Å². The van der Waals surface area contributed by atoms with Gasteiger partial charge in [0.1, 0.15) is 0 Å². The van der Waals surface area contributed by atoms with Crippen molar-refractivity contribution in [3.05, 3.63) is 18.5 Å². The lowest BCUT2D eigenvalue weighted by atomic mass is 9.80. The summed E-state index contributed by atoms with van der Waals surface area (Å²) in [6, 6.07) is 1.91. The van der Waals surface area contributed by atoms with E-state index in [0.717, 1.165) is 45.4 Å². The minimum atomic E-state index is -0.184. The Hall–Kier alpha value is -1.36. The first-order valence-corrected chi connectivity index (χ1v) is 6.67. The lowest BCUT2D eigenvalue weighted by Crippen LogP contribution is -2.46. The van der Waals surface area contributed by atoms with E-state index < -0.39 is 0 Å². The fourth-order valence-corrected chi connectivity index (χ4v) is 2.29. The first-order chi connectivity index (χ1) is 8.71. The van der Waals surface area contributed by atoms with Crippen molar-refractivity contribution >= 4 is 5.91 Å². The SMILES string of the molecule is CC1(C(=O)NCCCn2cccn2)CCNCC1. The van der Waals surface area contributed by atoms with Crippen LogP contribution in [0.1, 0.15) is 26.2 Å². The zero-order valence-corrected chi connectivity index (χ0v) is 11.0. The standard InChI is InChI=1S/C13H22N4O/c1-13(4-8-14-9-5-13)12(18)15-6-2-10-17-11-3-7-16-17/h3,7,11,14H,2,4-6,8-10H2,1H3,(H,15,18). The van der Waals surface area contributed by atoms with Gasteiger partial charge in [-0.25, -0.2) is 0 Å². The highest BCUT2D eigenvalue weighted by atomic mass is 16.2. The highest BCUT2D eigenvalue weighted by Crippen LogP contribution is 2.27. The topological polar surface area (TPSA) is 59.0 Å². The molecule has 0 atom stereocenters. The van der Waals surface area contributed by atoms with Crippen molar-refractivity contribution in [2.45, 2.75) is 32.7 Å². The fraction of sp³-hybridized carbons (Fsp3) is 0.692. The third-order valence-electron chi connectivity index (χ3n) is 3.66. The first kappa shape index (κ1) is 13.1. The second-order valence-corrected chi connectivity index (χ2v) is 5.19. The van der Waals surface area contributed by atoms with Crippen molar-refractivity contribution in [1.82, 2.24) is 20.4 Å². The summed E-state index contributed by atoms with van der Waals surface area (Å²) in [6.07, 6.45) is 6.49. The minimum absolute atomic E-state index is 0.184. The Morgan fingerprint density at radius 3 is 2.94 bits per heavy atom. The highest BCUT2D eigenvalue weighted by Gasteiger charge is 2.33. The number of hydrogen-bond acceptors (Lipinski definition) is 3. The van der Waals surface area contributed by atoms with E-state index in [-0.39, 0.29) is 11.3 Å². The molecule has 2 rings (SSSR count). The van der Waals surface area contributed by atoms with Crippen LogP contribution in [-0.2, 0) is 11.3 Å². The third kappa shape index (κ3) is 3.32. The van der Waals surface area contributed by atoms with E-state index in [1.54, 1.807) is 6.20 Å². The number of rotatable bonds is 5. The van der Waals surface area contributed by atoms with Crippen molar-refractivity contribution < 1.29 is 4.79 Å². The Balaban J connectivity index is 1.68. The molecule has 0 radical (unpaired) electrons. The molecule has 1 aliphatic rings. The van der Waals surface area contributed by atoms with Crippen LogP contribution in [0.2, 0.25) is 0 Å². The summed E-state index contributed by atoms with van der Waals surface area (Å²) in [5.41, 5.74) is -0.184. The Morgan fingerprint density at radius 2 is 2.28 bits per heavy atom. The van der Waals surface area contributed by atoms with Crippen LogP contribution in [0.3, 0.4) is 0 Å². The van der Waals surface area contributed by atoms with E-state index in [1.807, 2.05) is 16.9 Å². The normalized spacial score (nSPS) is 18.5. The number of nitrogens with one attached hydrogen (secondary N) is 2. The van der Waals surface area contributed by atoms with Gasteiger partial charge in [0.15, 0.2) is 0 Å². The minimum Gasteiger partial charge on any atom is -0.356 e. The van der Waals surface area contributed by atoms with Gasteiger partial charge in [-0.05, 0) is 38.4 Å². The molecule has 0 spiro atoms. The van der Waals surface area contributed by atoms with Crippen LogP contribution >= 0.6 is 0 Å². The van der Waals surface area contributed by atoms with Crippen LogP contribution in [0.5, 0.6) is 0 Å². The monoisotopic (exact) mass is 250 g/mol. The predicted octanol–water partition coefficient (Wildman–Crippen LogP) is 0.779. The van der Waals surface area contributed by atoms with Gasteiger partial charge in [0, 0.05) is 30.9 Å². The number of hydrogen-bond donors (Lipinski definition) is 2. The summed E-state index contributed by atoms with van der Waals surface area (Å²) in [5, 5.41) is 10.5. The Kier molecular flexibility index (Phi) is 4.36. The van der Waals surface area contributed by atoms with E-state index in [0.29, 0.717) is 0 Å². The van der Waals surface area contributed by atoms with Crippen molar-refractivity contribution in [2.75, 3.05) is 19.6 Å².